The minimum Gasteiger partial charge on any atom is -0.493 e. The van der Waals surface area contributed by atoms with Crippen molar-refractivity contribution in [1.82, 2.24) is 5.32 Å². The zero-order valence-electron chi connectivity index (χ0n) is 17.6. The standard InChI is InChI=1S/C23H27N3O5/c1-3-14-31-19-10-8-16(15-20(19)30-2)9-11-22(28)26-18-7-5-4-6-17(18)23(29)25-13-12-21(24)27/h4-11,15H,3,12-14H2,1-2H3,(H2,24,27)(H,25,29)(H,26,28)/b11-9+. The van der Waals surface area contributed by atoms with Crippen LogP contribution in [-0.4, -0.2) is 38.0 Å². The van der Waals surface area contributed by atoms with Gasteiger partial charge in [-0.2, -0.15) is 0 Å². The lowest BCUT2D eigenvalue weighted by atomic mass is 10.1. The van der Waals surface area contributed by atoms with Crippen LogP contribution < -0.4 is 25.8 Å². The summed E-state index contributed by atoms with van der Waals surface area (Å²) in [5.41, 5.74) is 6.47. The van der Waals surface area contributed by atoms with Crippen molar-refractivity contribution in [1.29, 1.82) is 0 Å². The average Bonchev–Trinajstić information content (AvgIpc) is 2.76. The molecule has 0 aliphatic rings. The number of anilines is 1. The van der Waals surface area contributed by atoms with Crippen molar-refractivity contribution in [3.63, 3.8) is 0 Å². The SMILES string of the molecule is CCCOc1ccc(/C=C/C(=O)Nc2ccccc2C(=O)NCCC(N)=O)cc1OC. The van der Waals surface area contributed by atoms with Gasteiger partial charge in [-0.3, -0.25) is 14.4 Å². The summed E-state index contributed by atoms with van der Waals surface area (Å²) in [4.78, 5) is 35.5. The summed E-state index contributed by atoms with van der Waals surface area (Å²) in [7, 11) is 1.56. The van der Waals surface area contributed by atoms with Crippen molar-refractivity contribution in [3.8, 4) is 11.5 Å². The number of ether oxygens (including phenoxy) is 2. The molecule has 0 unspecified atom stereocenters. The summed E-state index contributed by atoms with van der Waals surface area (Å²) in [5, 5.41) is 5.29. The Kier molecular flexibility index (Phi) is 9.10. The molecule has 0 radical (unpaired) electrons. The van der Waals surface area contributed by atoms with Gasteiger partial charge in [0.25, 0.3) is 5.91 Å². The minimum atomic E-state index is -0.506. The van der Waals surface area contributed by atoms with E-state index in [9.17, 15) is 14.4 Å². The molecule has 0 saturated heterocycles. The Labute approximate surface area is 181 Å². The molecular weight excluding hydrogens is 398 g/mol. The highest BCUT2D eigenvalue weighted by atomic mass is 16.5. The lowest BCUT2D eigenvalue weighted by Crippen LogP contribution is -2.28. The number of nitrogens with two attached hydrogens (primary N) is 1. The summed E-state index contributed by atoms with van der Waals surface area (Å²) in [6.07, 6.45) is 3.92. The van der Waals surface area contributed by atoms with Crippen molar-refractivity contribution in [2.24, 2.45) is 5.73 Å². The smallest absolute Gasteiger partial charge is 0.253 e. The molecule has 8 nitrogen and oxygen atoms in total. The van der Waals surface area contributed by atoms with Gasteiger partial charge in [0.05, 0.1) is 25.0 Å². The van der Waals surface area contributed by atoms with E-state index in [1.807, 2.05) is 13.0 Å². The van der Waals surface area contributed by atoms with Crippen molar-refractivity contribution in [2.45, 2.75) is 19.8 Å². The second kappa shape index (κ2) is 12.0. The minimum absolute atomic E-state index is 0.0364. The first-order valence-electron chi connectivity index (χ1n) is 9.90. The van der Waals surface area contributed by atoms with Crippen LogP contribution in [0.3, 0.4) is 0 Å². The molecule has 0 fully saturated rings. The zero-order chi connectivity index (χ0) is 22.6. The van der Waals surface area contributed by atoms with Crippen molar-refractivity contribution in [3.05, 3.63) is 59.7 Å². The fraction of sp³-hybridized carbons (Fsp3) is 0.261. The number of benzene rings is 2. The molecule has 2 aromatic rings. The van der Waals surface area contributed by atoms with Crippen LogP contribution in [0.1, 0.15) is 35.7 Å². The maximum absolute atomic E-state index is 12.4. The molecule has 0 bridgehead atoms. The summed E-state index contributed by atoms with van der Waals surface area (Å²) in [6, 6.07) is 12.0. The van der Waals surface area contributed by atoms with Crippen LogP contribution in [0, 0.1) is 0 Å². The highest BCUT2D eigenvalue weighted by molar-refractivity contribution is 6.07. The largest absolute Gasteiger partial charge is 0.493 e. The number of amides is 3. The predicted octanol–water partition coefficient (Wildman–Crippen LogP) is 2.74. The van der Waals surface area contributed by atoms with Crippen molar-refractivity contribution < 1.29 is 23.9 Å². The molecule has 0 heterocycles. The summed E-state index contributed by atoms with van der Waals surface area (Å²) < 4.78 is 11.0. The van der Waals surface area contributed by atoms with E-state index in [1.165, 1.54) is 6.08 Å². The average molecular weight is 425 g/mol. The maximum atomic E-state index is 12.4. The molecule has 0 aromatic heterocycles. The lowest BCUT2D eigenvalue weighted by Gasteiger charge is -2.11. The van der Waals surface area contributed by atoms with Gasteiger partial charge in [0.15, 0.2) is 11.5 Å². The number of hydrogen-bond acceptors (Lipinski definition) is 5. The number of nitrogens with one attached hydrogen (secondary N) is 2. The van der Waals surface area contributed by atoms with E-state index in [1.54, 1.807) is 49.6 Å². The zero-order valence-corrected chi connectivity index (χ0v) is 17.6. The van der Waals surface area contributed by atoms with Gasteiger partial charge in [-0.15, -0.1) is 0 Å². The van der Waals surface area contributed by atoms with Crippen LogP contribution in [0.4, 0.5) is 5.69 Å². The van der Waals surface area contributed by atoms with E-state index < -0.39 is 17.7 Å². The number of hydrogen-bond donors (Lipinski definition) is 3. The number of carbonyl (C=O) groups excluding carboxylic acids is 3. The van der Waals surface area contributed by atoms with Crippen LogP contribution in [-0.2, 0) is 9.59 Å². The Hall–Kier alpha value is -3.81. The van der Waals surface area contributed by atoms with Gasteiger partial charge in [0, 0.05) is 19.0 Å². The van der Waals surface area contributed by atoms with Crippen LogP contribution in [0.15, 0.2) is 48.5 Å². The van der Waals surface area contributed by atoms with Gasteiger partial charge in [-0.05, 0) is 42.3 Å². The normalized spacial score (nSPS) is 10.5. The fourth-order valence-corrected chi connectivity index (χ4v) is 2.65. The lowest BCUT2D eigenvalue weighted by molar-refractivity contribution is -0.118. The topological polar surface area (TPSA) is 120 Å². The predicted molar refractivity (Wildman–Crippen MR) is 119 cm³/mol. The first-order valence-corrected chi connectivity index (χ1v) is 9.90. The van der Waals surface area contributed by atoms with Crippen LogP contribution >= 0.6 is 0 Å². The van der Waals surface area contributed by atoms with Gasteiger partial charge in [0.2, 0.25) is 11.8 Å². The van der Waals surface area contributed by atoms with E-state index >= 15 is 0 Å². The molecule has 8 heteroatoms. The molecule has 2 rings (SSSR count). The molecular formula is C23H27N3O5. The monoisotopic (exact) mass is 425 g/mol. The highest BCUT2D eigenvalue weighted by Crippen LogP contribution is 2.28. The van der Waals surface area contributed by atoms with Gasteiger partial charge in [-0.1, -0.05) is 25.1 Å². The van der Waals surface area contributed by atoms with Crippen molar-refractivity contribution >= 4 is 29.5 Å². The Morgan fingerprint density at radius 3 is 2.58 bits per heavy atom. The van der Waals surface area contributed by atoms with Gasteiger partial charge < -0.3 is 25.8 Å². The van der Waals surface area contributed by atoms with Crippen molar-refractivity contribution in [2.75, 3.05) is 25.6 Å². The summed E-state index contributed by atoms with van der Waals surface area (Å²) in [6.45, 7) is 2.73. The van der Waals surface area contributed by atoms with Crippen LogP contribution in [0.5, 0.6) is 11.5 Å². The fourth-order valence-electron chi connectivity index (χ4n) is 2.65. The molecule has 0 saturated carbocycles. The van der Waals surface area contributed by atoms with E-state index in [2.05, 4.69) is 10.6 Å². The first-order chi connectivity index (χ1) is 14.9. The number of primary amides is 1. The second-order valence-corrected chi connectivity index (χ2v) is 6.60. The Bertz CT molecular complexity index is 956. The maximum Gasteiger partial charge on any atom is 0.253 e. The van der Waals surface area contributed by atoms with Crippen LogP contribution in [0.25, 0.3) is 6.08 Å². The Morgan fingerprint density at radius 1 is 1.10 bits per heavy atom. The molecule has 0 aliphatic heterocycles. The quantitative estimate of drug-likeness (QED) is 0.478. The third kappa shape index (κ3) is 7.50. The summed E-state index contributed by atoms with van der Waals surface area (Å²) in [5.74, 6) is -0.0963. The van der Waals surface area contributed by atoms with E-state index in [0.717, 1.165) is 12.0 Å². The molecule has 164 valence electrons. The third-order valence-electron chi connectivity index (χ3n) is 4.16. The molecule has 0 spiro atoms. The highest BCUT2D eigenvalue weighted by Gasteiger charge is 2.12. The summed E-state index contributed by atoms with van der Waals surface area (Å²) >= 11 is 0. The Balaban J connectivity index is 2.05. The number of carbonyl (C=O) groups is 3. The van der Waals surface area contributed by atoms with Gasteiger partial charge in [0.1, 0.15) is 0 Å². The Morgan fingerprint density at radius 2 is 1.87 bits per heavy atom. The number of methoxy groups -OCH3 is 1. The van der Waals surface area contributed by atoms with Crippen LogP contribution in [0.2, 0.25) is 0 Å². The van der Waals surface area contributed by atoms with E-state index in [-0.39, 0.29) is 18.5 Å². The van der Waals surface area contributed by atoms with Gasteiger partial charge in [-0.25, -0.2) is 0 Å². The second-order valence-electron chi connectivity index (χ2n) is 6.60. The molecule has 4 N–H and O–H groups in total. The molecule has 0 atom stereocenters. The molecule has 31 heavy (non-hydrogen) atoms. The number of rotatable bonds is 11. The molecule has 3 amide bonds. The number of para-hydroxylation sites is 1. The van der Waals surface area contributed by atoms with Gasteiger partial charge >= 0.3 is 0 Å². The third-order valence-corrected chi connectivity index (χ3v) is 4.16. The van der Waals surface area contributed by atoms with E-state index in [4.69, 9.17) is 15.2 Å². The molecule has 2 aromatic carbocycles. The van der Waals surface area contributed by atoms with E-state index in [0.29, 0.717) is 23.8 Å². The molecule has 0 aliphatic carbocycles. The first kappa shape index (κ1) is 23.5.